The third-order valence-corrected chi connectivity index (χ3v) is 4.87. The summed E-state index contributed by atoms with van der Waals surface area (Å²) < 4.78 is 5.59. The molecule has 0 saturated carbocycles. The van der Waals surface area contributed by atoms with Gasteiger partial charge in [-0.05, 0) is 18.1 Å². The van der Waals surface area contributed by atoms with E-state index in [9.17, 15) is 14.9 Å². The lowest BCUT2D eigenvalue weighted by Gasteiger charge is -2.34. The van der Waals surface area contributed by atoms with Crippen molar-refractivity contribution < 1.29 is 14.5 Å². The number of hydrogen-bond acceptors (Lipinski definition) is 5. The van der Waals surface area contributed by atoms with Crippen molar-refractivity contribution in [3.05, 3.63) is 75.8 Å². The maximum Gasteiger partial charge on any atom is 0.410 e. The zero-order chi connectivity index (χ0) is 19.9. The van der Waals surface area contributed by atoms with Gasteiger partial charge in [0.15, 0.2) is 0 Å². The van der Waals surface area contributed by atoms with Gasteiger partial charge in [-0.2, -0.15) is 0 Å². The Hall–Kier alpha value is -2.93. The van der Waals surface area contributed by atoms with Gasteiger partial charge in [0.05, 0.1) is 4.92 Å². The molecule has 0 N–H and O–H groups in total. The molecule has 148 valence electrons. The lowest BCUT2D eigenvalue weighted by atomic mass is 10.1. The molecule has 7 heteroatoms. The van der Waals surface area contributed by atoms with E-state index in [2.05, 4.69) is 4.90 Å². The number of cyclic esters (lactones) is 1. The fraction of sp³-hybridized carbons (Fsp3) is 0.381. The molecule has 28 heavy (non-hydrogen) atoms. The van der Waals surface area contributed by atoms with Crippen molar-refractivity contribution in [1.82, 2.24) is 9.80 Å². The Morgan fingerprint density at radius 1 is 1.14 bits per heavy atom. The minimum absolute atomic E-state index is 0.0832. The molecule has 1 aliphatic heterocycles. The van der Waals surface area contributed by atoms with Gasteiger partial charge in [-0.15, -0.1) is 0 Å². The SMILES string of the molecule is CCN1CC[C@@H](CN(Cc2ccccc2)Cc2cccc([N+](=O)[O-])c2)OC1=O. The van der Waals surface area contributed by atoms with Crippen LogP contribution in [-0.2, 0) is 17.8 Å². The van der Waals surface area contributed by atoms with Crippen molar-refractivity contribution in [2.45, 2.75) is 32.5 Å². The van der Waals surface area contributed by atoms with Crippen LogP contribution in [0, 0.1) is 10.1 Å². The van der Waals surface area contributed by atoms with Crippen LogP contribution < -0.4 is 0 Å². The summed E-state index contributed by atoms with van der Waals surface area (Å²) in [4.78, 5) is 26.6. The van der Waals surface area contributed by atoms with Crippen molar-refractivity contribution in [2.75, 3.05) is 19.6 Å². The van der Waals surface area contributed by atoms with Crippen LogP contribution >= 0.6 is 0 Å². The second-order valence-electron chi connectivity index (χ2n) is 6.96. The zero-order valence-corrected chi connectivity index (χ0v) is 16.0. The van der Waals surface area contributed by atoms with Gasteiger partial charge in [0, 0.05) is 51.3 Å². The molecule has 0 aliphatic carbocycles. The van der Waals surface area contributed by atoms with Crippen molar-refractivity contribution in [3.8, 4) is 0 Å². The topological polar surface area (TPSA) is 75.9 Å². The molecular formula is C21H25N3O4. The van der Waals surface area contributed by atoms with Crippen molar-refractivity contribution in [3.63, 3.8) is 0 Å². The Balaban J connectivity index is 1.73. The number of amides is 1. The average Bonchev–Trinajstić information content (AvgIpc) is 2.69. The van der Waals surface area contributed by atoms with Crippen LogP contribution in [0.25, 0.3) is 0 Å². The summed E-state index contributed by atoms with van der Waals surface area (Å²) in [6.45, 7) is 5.08. The summed E-state index contributed by atoms with van der Waals surface area (Å²) in [6, 6.07) is 16.7. The molecule has 7 nitrogen and oxygen atoms in total. The summed E-state index contributed by atoms with van der Waals surface area (Å²) >= 11 is 0. The van der Waals surface area contributed by atoms with Crippen LogP contribution in [0.4, 0.5) is 10.5 Å². The number of rotatable bonds is 8. The summed E-state index contributed by atoms with van der Waals surface area (Å²) in [6.07, 6.45) is 0.325. The van der Waals surface area contributed by atoms with Gasteiger partial charge in [-0.25, -0.2) is 4.79 Å². The first-order chi connectivity index (χ1) is 13.5. The van der Waals surface area contributed by atoms with Gasteiger partial charge >= 0.3 is 6.09 Å². The molecular weight excluding hydrogens is 358 g/mol. The van der Waals surface area contributed by atoms with E-state index < -0.39 is 0 Å². The molecule has 0 unspecified atom stereocenters. The highest BCUT2D eigenvalue weighted by Gasteiger charge is 2.27. The number of benzene rings is 2. The summed E-state index contributed by atoms with van der Waals surface area (Å²) in [5.74, 6) is 0. The van der Waals surface area contributed by atoms with Crippen LogP contribution in [0.2, 0.25) is 0 Å². The van der Waals surface area contributed by atoms with Crippen LogP contribution in [0.1, 0.15) is 24.5 Å². The normalized spacial score (nSPS) is 16.9. The van der Waals surface area contributed by atoms with E-state index in [0.717, 1.165) is 17.5 Å². The minimum Gasteiger partial charge on any atom is -0.445 e. The van der Waals surface area contributed by atoms with E-state index in [1.807, 2.05) is 43.3 Å². The maximum atomic E-state index is 12.1. The van der Waals surface area contributed by atoms with E-state index >= 15 is 0 Å². The van der Waals surface area contributed by atoms with E-state index in [4.69, 9.17) is 4.74 Å². The van der Waals surface area contributed by atoms with Gasteiger partial charge < -0.3 is 9.64 Å². The first kappa shape index (κ1) is 19.8. The molecule has 1 aliphatic rings. The lowest BCUT2D eigenvalue weighted by Crippen LogP contribution is -2.45. The highest BCUT2D eigenvalue weighted by molar-refractivity contribution is 5.68. The number of hydrogen-bond donors (Lipinski definition) is 0. The first-order valence-corrected chi connectivity index (χ1v) is 9.50. The van der Waals surface area contributed by atoms with Crippen LogP contribution in [0.3, 0.4) is 0 Å². The zero-order valence-electron chi connectivity index (χ0n) is 16.0. The standard InChI is InChI=1S/C21H25N3O4/c1-2-23-12-11-20(28-21(23)25)16-22(14-17-7-4-3-5-8-17)15-18-9-6-10-19(13-18)24(26)27/h3-10,13,20H,2,11-12,14-16H2,1H3/t20-/m0/s1. The van der Waals surface area contributed by atoms with Gasteiger partial charge in [0.2, 0.25) is 0 Å². The molecule has 0 aromatic heterocycles. The minimum atomic E-state index is -0.382. The fourth-order valence-corrected chi connectivity index (χ4v) is 3.42. The smallest absolute Gasteiger partial charge is 0.410 e. The average molecular weight is 383 g/mol. The summed E-state index contributed by atoms with van der Waals surface area (Å²) in [5, 5.41) is 11.1. The molecule has 1 saturated heterocycles. The Morgan fingerprint density at radius 2 is 1.86 bits per heavy atom. The molecule has 2 aromatic rings. The fourth-order valence-electron chi connectivity index (χ4n) is 3.42. The highest BCUT2D eigenvalue weighted by Crippen LogP contribution is 2.19. The number of nitro groups is 1. The number of carbonyl (C=O) groups excluding carboxylic acids is 1. The second kappa shape index (κ2) is 9.32. The Morgan fingerprint density at radius 3 is 2.54 bits per heavy atom. The van der Waals surface area contributed by atoms with Gasteiger partial charge in [0.1, 0.15) is 6.10 Å². The third kappa shape index (κ3) is 5.29. The van der Waals surface area contributed by atoms with Crippen molar-refractivity contribution in [2.24, 2.45) is 0 Å². The predicted octanol–water partition coefficient (Wildman–Crippen LogP) is 3.83. The van der Waals surface area contributed by atoms with Crippen LogP contribution in [-0.4, -0.2) is 46.6 Å². The first-order valence-electron chi connectivity index (χ1n) is 9.50. The maximum absolute atomic E-state index is 12.1. The molecule has 1 heterocycles. The number of carbonyl (C=O) groups is 1. The number of non-ortho nitro benzene ring substituents is 1. The molecule has 0 radical (unpaired) electrons. The third-order valence-electron chi connectivity index (χ3n) is 4.87. The summed E-state index contributed by atoms with van der Waals surface area (Å²) in [7, 11) is 0. The molecule has 1 amide bonds. The Kier molecular flexibility index (Phi) is 6.60. The molecule has 0 spiro atoms. The van der Waals surface area contributed by atoms with Gasteiger partial charge in [-0.3, -0.25) is 15.0 Å². The molecule has 0 bridgehead atoms. The molecule has 2 aromatic carbocycles. The van der Waals surface area contributed by atoms with Crippen molar-refractivity contribution >= 4 is 11.8 Å². The number of nitrogens with zero attached hydrogens (tertiary/aromatic N) is 3. The van der Waals surface area contributed by atoms with Crippen LogP contribution in [0.15, 0.2) is 54.6 Å². The van der Waals surface area contributed by atoms with E-state index in [0.29, 0.717) is 32.7 Å². The number of ether oxygens (including phenoxy) is 1. The molecule has 1 fully saturated rings. The quantitative estimate of drug-likeness (QED) is 0.511. The largest absolute Gasteiger partial charge is 0.445 e. The van der Waals surface area contributed by atoms with E-state index in [1.165, 1.54) is 6.07 Å². The number of nitro benzene ring substituents is 1. The predicted molar refractivity (Wildman–Crippen MR) is 106 cm³/mol. The lowest BCUT2D eigenvalue weighted by molar-refractivity contribution is -0.384. The van der Waals surface area contributed by atoms with E-state index in [1.54, 1.807) is 17.0 Å². The summed E-state index contributed by atoms with van der Waals surface area (Å²) in [5.41, 5.74) is 2.09. The Labute approximate surface area is 164 Å². The van der Waals surface area contributed by atoms with Crippen molar-refractivity contribution in [1.29, 1.82) is 0 Å². The molecule has 3 rings (SSSR count). The van der Waals surface area contributed by atoms with Gasteiger partial charge in [0.25, 0.3) is 5.69 Å². The highest BCUT2D eigenvalue weighted by atomic mass is 16.6. The van der Waals surface area contributed by atoms with Gasteiger partial charge in [-0.1, -0.05) is 42.5 Å². The van der Waals surface area contributed by atoms with Crippen LogP contribution in [0.5, 0.6) is 0 Å². The Bertz CT molecular complexity index is 812. The van der Waals surface area contributed by atoms with E-state index in [-0.39, 0.29) is 22.8 Å². The monoisotopic (exact) mass is 383 g/mol. The second-order valence-corrected chi connectivity index (χ2v) is 6.96. The molecule has 1 atom stereocenters.